The van der Waals surface area contributed by atoms with Crippen molar-refractivity contribution in [1.82, 2.24) is 0 Å². The third-order valence-electron chi connectivity index (χ3n) is 3.00. The van der Waals surface area contributed by atoms with E-state index in [1.165, 1.54) is 5.56 Å². The highest BCUT2D eigenvalue weighted by molar-refractivity contribution is 5.35. The summed E-state index contributed by atoms with van der Waals surface area (Å²) in [6.45, 7) is 6.22. The first-order valence-electron chi connectivity index (χ1n) is 5.69. The van der Waals surface area contributed by atoms with Crippen LogP contribution in [-0.4, -0.2) is 17.8 Å². The van der Waals surface area contributed by atoms with Crippen LogP contribution in [0.15, 0.2) is 18.2 Å². The highest BCUT2D eigenvalue weighted by atomic mass is 16.3. The lowest BCUT2D eigenvalue weighted by molar-refractivity contribution is 0.249. The summed E-state index contributed by atoms with van der Waals surface area (Å²) < 4.78 is 0. The molecule has 0 heterocycles. The van der Waals surface area contributed by atoms with E-state index in [1.54, 1.807) is 0 Å². The molecule has 3 nitrogen and oxygen atoms in total. The molecule has 2 atom stereocenters. The Bertz CT molecular complexity index is 350. The summed E-state index contributed by atoms with van der Waals surface area (Å²) in [5.74, 6) is 0.469. The maximum absolute atomic E-state index is 9.03. The highest BCUT2D eigenvalue weighted by Crippen LogP contribution is 2.23. The van der Waals surface area contributed by atoms with Crippen LogP contribution < -0.4 is 11.5 Å². The van der Waals surface area contributed by atoms with E-state index in [2.05, 4.69) is 32.0 Å². The van der Waals surface area contributed by atoms with Gasteiger partial charge in [-0.1, -0.05) is 32.0 Å². The lowest BCUT2D eigenvalue weighted by Gasteiger charge is -2.21. The van der Waals surface area contributed by atoms with E-state index in [4.69, 9.17) is 16.6 Å². The van der Waals surface area contributed by atoms with E-state index < -0.39 is 6.04 Å². The molecule has 1 rings (SSSR count). The first-order chi connectivity index (χ1) is 7.47. The van der Waals surface area contributed by atoms with Crippen LogP contribution in [-0.2, 0) is 0 Å². The molecular weight excluding hydrogens is 200 g/mol. The van der Waals surface area contributed by atoms with Crippen molar-refractivity contribution < 1.29 is 5.11 Å². The second kappa shape index (κ2) is 5.43. The van der Waals surface area contributed by atoms with Gasteiger partial charge in [0.1, 0.15) is 0 Å². The summed E-state index contributed by atoms with van der Waals surface area (Å²) in [7, 11) is 0. The largest absolute Gasteiger partial charge is 0.395 e. The van der Waals surface area contributed by atoms with Gasteiger partial charge in [0.15, 0.2) is 0 Å². The Kier molecular flexibility index (Phi) is 4.47. The fourth-order valence-corrected chi connectivity index (χ4v) is 1.72. The first kappa shape index (κ1) is 13.2. The van der Waals surface area contributed by atoms with Gasteiger partial charge in [0.05, 0.1) is 6.61 Å². The van der Waals surface area contributed by atoms with E-state index in [1.807, 2.05) is 6.92 Å². The lowest BCUT2D eigenvalue weighted by Crippen LogP contribution is -2.37. The van der Waals surface area contributed by atoms with Crippen molar-refractivity contribution in [3.63, 3.8) is 0 Å². The molecule has 0 aliphatic rings. The minimum atomic E-state index is -0.402. The van der Waals surface area contributed by atoms with Gasteiger partial charge in [-0.05, 0) is 29.5 Å². The third-order valence-corrected chi connectivity index (χ3v) is 3.00. The maximum atomic E-state index is 9.03. The highest BCUT2D eigenvalue weighted by Gasteiger charge is 2.17. The molecular formula is C13H22N2O. The Labute approximate surface area is 97.5 Å². The normalized spacial score (nSPS) is 15.2. The van der Waals surface area contributed by atoms with Crippen LogP contribution in [0.4, 0.5) is 0 Å². The van der Waals surface area contributed by atoms with Gasteiger partial charge in [-0.2, -0.15) is 0 Å². The smallest absolute Gasteiger partial charge is 0.0601 e. The van der Waals surface area contributed by atoms with Crippen molar-refractivity contribution in [3.05, 3.63) is 34.9 Å². The predicted molar refractivity (Wildman–Crippen MR) is 67.3 cm³/mol. The van der Waals surface area contributed by atoms with Crippen molar-refractivity contribution in [2.45, 2.75) is 38.8 Å². The summed E-state index contributed by atoms with van der Waals surface area (Å²) in [6.07, 6.45) is 0. The Balaban J connectivity index is 3.06. The molecule has 0 aliphatic heterocycles. The van der Waals surface area contributed by atoms with Gasteiger partial charge in [-0.25, -0.2) is 0 Å². The molecule has 0 saturated heterocycles. The average Bonchev–Trinajstić information content (AvgIpc) is 2.27. The summed E-state index contributed by atoms with van der Waals surface area (Å²) in [6, 6.07) is 5.57. The fraction of sp³-hybridized carbons (Fsp3) is 0.538. The number of hydrogen-bond acceptors (Lipinski definition) is 3. The number of aryl methyl sites for hydroxylation is 1. The van der Waals surface area contributed by atoms with Crippen LogP contribution in [0, 0.1) is 6.92 Å². The van der Waals surface area contributed by atoms with Crippen LogP contribution in [0.5, 0.6) is 0 Å². The number of nitrogens with two attached hydrogens (primary N) is 2. The zero-order valence-electron chi connectivity index (χ0n) is 10.3. The van der Waals surface area contributed by atoms with Gasteiger partial charge in [0, 0.05) is 12.1 Å². The van der Waals surface area contributed by atoms with Gasteiger partial charge < -0.3 is 16.6 Å². The molecule has 1 aromatic carbocycles. The topological polar surface area (TPSA) is 72.3 Å². The molecule has 0 aliphatic carbocycles. The van der Waals surface area contributed by atoms with Crippen LogP contribution in [0.3, 0.4) is 0 Å². The maximum Gasteiger partial charge on any atom is 0.0601 e. The molecule has 0 amide bonds. The molecule has 5 N–H and O–H groups in total. The number of aliphatic hydroxyl groups is 1. The minimum Gasteiger partial charge on any atom is -0.395 e. The zero-order chi connectivity index (χ0) is 12.3. The van der Waals surface area contributed by atoms with E-state index >= 15 is 0 Å². The molecule has 1 aromatic rings. The minimum absolute atomic E-state index is 0.0908. The fourth-order valence-electron chi connectivity index (χ4n) is 1.72. The second-order valence-electron chi connectivity index (χ2n) is 4.64. The number of hydrogen-bond donors (Lipinski definition) is 3. The predicted octanol–water partition coefficient (Wildman–Crippen LogP) is 1.44. The molecule has 0 radical (unpaired) electrons. The lowest BCUT2D eigenvalue weighted by atomic mass is 9.92. The monoisotopic (exact) mass is 222 g/mol. The Hall–Kier alpha value is -0.900. The number of aliphatic hydroxyl groups excluding tert-OH is 1. The summed E-state index contributed by atoms with van der Waals surface area (Å²) in [4.78, 5) is 0. The van der Waals surface area contributed by atoms with E-state index in [0.717, 1.165) is 11.1 Å². The summed E-state index contributed by atoms with van der Waals surface area (Å²) in [5, 5.41) is 9.03. The number of rotatable bonds is 4. The SMILES string of the molecule is Cc1ccc(C(C)C)cc1C(N)C(N)CO. The molecule has 16 heavy (non-hydrogen) atoms. The molecule has 0 fully saturated rings. The van der Waals surface area contributed by atoms with Crippen LogP contribution in [0.1, 0.15) is 42.5 Å². The van der Waals surface area contributed by atoms with Gasteiger partial charge >= 0.3 is 0 Å². The molecule has 2 unspecified atom stereocenters. The summed E-state index contributed by atoms with van der Waals surface area (Å²) >= 11 is 0. The second-order valence-corrected chi connectivity index (χ2v) is 4.64. The van der Waals surface area contributed by atoms with Gasteiger partial charge in [-0.15, -0.1) is 0 Å². The zero-order valence-corrected chi connectivity index (χ0v) is 10.3. The average molecular weight is 222 g/mol. The Morgan fingerprint density at radius 2 is 1.88 bits per heavy atom. The van der Waals surface area contributed by atoms with Crippen molar-refractivity contribution >= 4 is 0 Å². The van der Waals surface area contributed by atoms with Gasteiger partial charge in [-0.3, -0.25) is 0 Å². The molecule has 0 bridgehead atoms. The Morgan fingerprint density at radius 1 is 1.25 bits per heavy atom. The standard InChI is InChI=1S/C13H22N2O/c1-8(2)10-5-4-9(3)11(6-10)13(15)12(14)7-16/h4-6,8,12-13,16H,7,14-15H2,1-3H3. The van der Waals surface area contributed by atoms with Crippen molar-refractivity contribution in [2.75, 3.05) is 6.61 Å². The summed E-state index contributed by atoms with van der Waals surface area (Å²) in [5.41, 5.74) is 15.2. The van der Waals surface area contributed by atoms with E-state index in [-0.39, 0.29) is 12.6 Å². The molecule has 0 aromatic heterocycles. The van der Waals surface area contributed by atoms with Crippen molar-refractivity contribution in [2.24, 2.45) is 11.5 Å². The molecule has 90 valence electrons. The van der Waals surface area contributed by atoms with Crippen LogP contribution >= 0.6 is 0 Å². The van der Waals surface area contributed by atoms with Gasteiger partial charge in [0.25, 0.3) is 0 Å². The third kappa shape index (κ3) is 2.82. The van der Waals surface area contributed by atoms with Crippen molar-refractivity contribution in [1.29, 1.82) is 0 Å². The van der Waals surface area contributed by atoms with Crippen molar-refractivity contribution in [3.8, 4) is 0 Å². The van der Waals surface area contributed by atoms with E-state index in [9.17, 15) is 0 Å². The molecule has 3 heteroatoms. The molecule has 0 spiro atoms. The molecule has 0 saturated carbocycles. The number of benzene rings is 1. The van der Waals surface area contributed by atoms with E-state index in [0.29, 0.717) is 5.92 Å². The van der Waals surface area contributed by atoms with Crippen LogP contribution in [0.25, 0.3) is 0 Å². The van der Waals surface area contributed by atoms with Crippen LogP contribution in [0.2, 0.25) is 0 Å². The first-order valence-corrected chi connectivity index (χ1v) is 5.69. The Morgan fingerprint density at radius 3 is 2.38 bits per heavy atom. The van der Waals surface area contributed by atoms with Gasteiger partial charge in [0.2, 0.25) is 0 Å². The quantitative estimate of drug-likeness (QED) is 0.721.